The first-order chi connectivity index (χ1) is 11.6. The number of halogens is 2. The first-order valence-electron chi connectivity index (χ1n) is 7.24. The number of thiophene rings is 1. The van der Waals surface area contributed by atoms with Gasteiger partial charge in [-0.05, 0) is 60.0 Å². The molecule has 122 valence electrons. The molecule has 0 saturated carbocycles. The van der Waals surface area contributed by atoms with E-state index in [0.717, 1.165) is 20.3 Å². The molecule has 0 aliphatic carbocycles. The van der Waals surface area contributed by atoms with E-state index in [1.54, 1.807) is 0 Å². The molecule has 6 heteroatoms. The lowest BCUT2D eigenvalue weighted by Gasteiger charge is -2.21. The lowest BCUT2D eigenvalue weighted by molar-refractivity contribution is 0.0982. The van der Waals surface area contributed by atoms with Gasteiger partial charge in [-0.25, -0.2) is 0 Å². The van der Waals surface area contributed by atoms with Crippen molar-refractivity contribution in [3.05, 3.63) is 79.9 Å². The topological polar surface area (TPSA) is 41.1 Å². The van der Waals surface area contributed by atoms with Crippen LogP contribution in [0, 0.1) is 0 Å². The molecule has 0 aliphatic heterocycles. The molecule has 0 aliphatic rings. The van der Waals surface area contributed by atoms with Gasteiger partial charge in [0.1, 0.15) is 0 Å². The molecule has 3 nitrogen and oxygen atoms in total. The highest BCUT2D eigenvalue weighted by molar-refractivity contribution is 9.10. The molecule has 0 radical (unpaired) electrons. The molecule has 0 atom stereocenters. The molecular weight excluding hydrogens is 452 g/mol. The molecule has 1 aromatic heterocycles. The fourth-order valence-corrected chi connectivity index (χ4v) is 3.38. The molecule has 3 rings (SSSR count). The van der Waals surface area contributed by atoms with E-state index in [0.29, 0.717) is 4.88 Å². The van der Waals surface area contributed by atoms with Gasteiger partial charge in [0.15, 0.2) is 6.17 Å². The quantitative estimate of drug-likeness (QED) is 0.346. The van der Waals surface area contributed by atoms with Crippen LogP contribution in [0.5, 0.6) is 0 Å². The Morgan fingerprint density at radius 3 is 1.75 bits per heavy atom. The predicted octanol–water partition coefficient (Wildman–Crippen LogP) is 6.01. The van der Waals surface area contributed by atoms with Gasteiger partial charge in [-0.3, -0.25) is 4.79 Å². The van der Waals surface area contributed by atoms with Gasteiger partial charge < -0.3 is 10.6 Å². The van der Waals surface area contributed by atoms with E-state index in [2.05, 4.69) is 42.5 Å². The normalized spacial score (nSPS) is 10.6. The van der Waals surface area contributed by atoms with Crippen molar-refractivity contribution in [3.8, 4) is 0 Å². The Kier molecular flexibility index (Phi) is 5.71. The summed E-state index contributed by atoms with van der Waals surface area (Å²) in [6, 6.07) is 19.2. The van der Waals surface area contributed by atoms with Gasteiger partial charge in [-0.1, -0.05) is 37.9 Å². The van der Waals surface area contributed by atoms with Crippen LogP contribution in [0.3, 0.4) is 0 Å². The summed E-state index contributed by atoms with van der Waals surface area (Å²) in [5, 5.41) is 8.45. The maximum absolute atomic E-state index is 12.8. The Hall–Kier alpha value is -1.63. The van der Waals surface area contributed by atoms with E-state index in [9.17, 15) is 4.79 Å². The minimum absolute atomic E-state index is 0.0100. The maximum atomic E-state index is 12.8. The van der Waals surface area contributed by atoms with Crippen molar-refractivity contribution in [3.63, 3.8) is 0 Å². The highest BCUT2D eigenvalue weighted by Crippen LogP contribution is 2.20. The zero-order chi connectivity index (χ0) is 16.9. The number of ketones is 1. The van der Waals surface area contributed by atoms with Crippen molar-refractivity contribution in [2.75, 3.05) is 10.6 Å². The summed E-state index contributed by atoms with van der Waals surface area (Å²) in [5.41, 5.74) is 1.75. The summed E-state index contributed by atoms with van der Waals surface area (Å²) in [6.07, 6.45) is -0.550. The van der Waals surface area contributed by atoms with E-state index in [4.69, 9.17) is 0 Å². The average molecular weight is 466 g/mol. The SMILES string of the molecule is O=C(c1cccs1)C(Nc1ccc(Br)cc1)Nc1ccc(Br)cc1. The number of rotatable bonds is 6. The number of nitrogens with one attached hydrogen (secondary N) is 2. The summed E-state index contributed by atoms with van der Waals surface area (Å²) >= 11 is 8.28. The summed E-state index contributed by atoms with van der Waals surface area (Å²) in [7, 11) is 0. The summed E-state index contributed by atoms with van der Waals surface area (Å²) < 4.78 is 1.99. The van der Waals surface area contributed by atoms with Crippen molar-refractivity contribution in [2.45, 2.75) is 6.17 Å². The number of anilines is 2. The highest BCUT2D eigenvalue weighted by Gasteiger charge is 2.20. The van der Waals surface area contributed by atoms with E-state index in [1.807, 2.05) is 66.0 Å². The Balaban J connectivity index is 1.83. The third-order valence-electron chi connectivity index (χ3n) is 3.34. The molecule has 0 fully saturated rings. The molecule has 0 spiro atoms. The van der Waals surface area contributed by atoms with Crippen LogP contribution < -0.4 is 10.6 Å². The van der Waals surface area contributed by atoms with Crippen LogP contribution in [-0.2, 0) is 0 Å². The number of carbonyl (C=O) groups is 1. The number of hydrogen-bond acceptors (Lipinski definition) is 4. The Labute approximate surface area is 161 Å². The van der Waals surface area contributed by atoms with Gasteiger partial charge in [0.2, 0.25) is 5.78 Å². The van der Waals surface area contributed by atoms with Gasteiger partial charge in [-0.2, -0.15) is 0 Å². The van der Waals surface area contributed by atoms with Crippen LogP contribution in [0.4, 0.5) is 11.4 Å². The number of hydrogen-bond donors (Lipinski definition) is 2. The molecule has 0 unspecified atom stereocenters. The zero-order valence-electron chi connectivity index (χ0n) is 12.5. The van der Waals surface area contributed by atoms with Crippen LogP contribution in [0.2, 0.25) is 0 Å². The molecular formula is C18H14Br2N2OS. The van der Waals surface area contributed by atoms with Crippen molar-refractivity contribution in [2.24, 2.45) is 0 Å². The second-order valence-electron chi connectivity index (χ2n) is 5.08. The monoisotopic (exact) mass is 464 g/mol. The second kappa shape index (κ2) is 7.96. The van der Waals surface area contributed by atoms with Crippen LogP contribution in [0.15, 0.2) is 75.0 Å². The first-order valence-corrected chi connectivity index (χ1v) is 9.70. The summed E-state index contributed by atoms with van der Waals surface area (Å²) in [6.45, 7) is 0. The highest BCUT2D eigenvalue weighted by atomic mass is 79.9. The zero-order valence-corrected chi connectivity index (χ0v) is 16.5. The molecule has 0 saturated heterocycles. The van der Waals surface area contributed by atoms with E-state index >= 15 is 0 Å². The fourth-order valence-electron chi connectivity index (χ4n) is 2.15. The lowest BCUT2D eigenvalue weighted by atomic mass is 10.2. The second-order valence-corrected chi connectivity index (χ2v) is 7.86. The molecule has 2 aromatic carbocycles. The van der Waals surface area contributed by atoms with Gasteiger partial charge >= 0.3 is 0 Å². The molecule has 3 aromatic rings. The standard InChI is InChI=1S/C18H14Br2N2OS/c19-12-3-7-14(8-4-12)21-18(17(23)16-2-1-11-24-16)22-15-9-5-13(20)6-10-15/h1-11,18,21-22H. The molecule has 0 bridgehead atoms. The number of Topliss-reactive ketones (excluding diaryl/α,β-unsaturated/α-hetero) is 1. The van der Waals surface area contributed by atoms with Gasteiger partial charge in [-0.15, -0.1) is 11.3 Å². The largest absolute Gasteiger partial charge is 0.359 e. The third kappa shape index (κ3) is 4.47. The predicted molar refractivity (Wildman–Crippen MR) is 108 cm³/mol. The van der Waals surface area contributed by atoms with E-state index in [-0.39, 0.29) is 5.78 Å². The number of benzene rings is 2. The van der Waals surface area contributed by atoms with Gasteiger partial charge in [0.25, 0.3) is 0 Å². The van der Waals surface area contributed by atoms with Crippen LogP contribution in [0.25, 0.3) is 0 Å². The van der Waals surface area contributed by atoms with Crippen molar-refractivity contribution in [1.29, 1.82) is 0 Å². The van der Waals surface area contributed by atoms with Crippen LogP contribution in [0.1, 0.15) is 9.67 Å². The Morgan fingerprint density at radius 2 is 1.33 bits per heavy atom. The van der Waals surface area contributed by atoms with Crippen molar-refractivity contribution >= 4 is 60.4 Å². The molecule has 0 amide bonds. The summed E-state index contributed by atoms with van der Waals surface area (Å²) in [5.74, 6) is 0.0100. The number of carbonyl (C=O) groups excluding carboxylic acids is 1. The van der Waals surface area contributed by atoms with Crippen molar-refractivity contribution < 1.29 is 4.79 Å². The lowest BCUT2D eigenvalue weighted by Crippen LogP contribution is -2.36. The van der Waals surface area contributed by atoms with Crippen LogP contribution >= 0.6 is 43.2 Å². The first kappa shape index (κ1) is 17.2. The molecule has 1 heterocycles. The average Bonchev–Trinajstić information content (AvgIpc) is 3.12. The summed E-state index contributed by atoms with van der Waals surface area (Å²) in [4.78, 5) is 13.5. The van der Waals surface area contributed by atoms with E-state index < -0.39 is 6.17 Å². The van der Waals surface area contributed by atoms with Crippen molar-refractivity contribution in [1.82, 2.24) is 0 Å². The molecule has 2 N–H and O–H groups in total. The molecule has 24 heavy (non-hydrogen) atoms. The maximum Gasteiger partial charge on any atom is 0.215 e. The van der Waals surface area contributed by atoms with Gasteiger partial charge in [0, 0.05) is 20.3 Å². The minimum Gasteiger partial charge on any atom is -0.359 e. The third-order valence-corrected chi connectivity index (χ3v) is 5.28. The minimum atomic E-state index is -0.550. The van der Waals surface area contributed by atoms with Gasteiger partial charge in [0.05, 0.1) is 4.88 Å². The smallest absolute Gasteiger partial charge is 0.215 e. The fraction of sp³-hybridized carbons (Fsp3) is 0.0556. The Morgan fingerprint density at radius 1 is 0.833 bits per heavy atom. The van der Waals surface area contributed by atoms with E-state index in [1.165, 1.54) is 11.3 Å². The van der Waals surface area contributed by atoms with Crippen LogP contribution in [-0.4, -0.2) is 11.9 Å². The Bertz CT molecular complexity index is 755.